The lowest BCUT2D eigenvalue weighted by atomic mass is 10.1. The van der Waals surface area contributed by atoms with Crippen molar-refractivity contribution in [2.45, 2.75) is 25.7 Å². The van der Waals surface area contributed by atoms with E-state index in [4.69, 9.17) is 0 Å². The number of hydrogen-bond donors (Lipinski definition) is 1. The van der Waals surface area contributed by atoms with Crippen molar-refractivity contribution in [2.75, 3.05) is 4.72 Å². The summed E-state index contributed by atoms with van der Waals surface area (Å²) in [5.41, 5.74) is 0.601. The van der Waals surface area contributed by atoms with Crippen molar-refractivity contribution in [3.8, 4) is 0 Å². The van der Waals surface area contributed by atoms with E-state index in [-0.39, 0.29) is 11.3 Å². The molecule has 2 aromatic carbocycles. The van der Waals surface area contributed by atoms with Gasteiger partial charge in [-0.1, -0.05) is 6.07 Å². The largest absolute Gasteiger partial charge is 0.280 e. The maximum Gasteiger partial charge on any atom is 0.280 e. The van der Waals surface area contributed by atoms with E-state index in [0.29, 0.717) is 0 Å². The molecule has 132 valence electrons. The van der Waals surface area contributed by atoms with E-state index in [1.54, 1.807) is 19.1 Å². The summed E-state index contributed by atoms with van der Waals surface area (Å²) in [7, 11) is -4.23. The highest BCUT2D eigenvalue weighted by atomic mass is 32.2. The first-order valence-electron chi connectivity index (χ1n) is 7.06. The van der Waals surface area contributed by atoms with Crippen LogP contribution in [0.2, 0.25) is 0 Å². The maximum atomic E-state index is 12.5. The zero-order chi connectivity index (χ0) is 18.9. The van der Waals surface area contributed by atoms with Crippen LogP contribution in [0, 0.1) is 41.0 Å². The van der Waals surface area contributed by atoms with Gasteiger partial charge in [-0.3, -0.25) is 25.0 Å². The second-order valence-electron chi connectivity index (χ2n) is 5.51. The van der Waals surface area contributed by atoms with Crippen molar-refractivity contribution in [1.82, 2.24) is 0 Å². The Morgan fingerprint density at radius 2 is 1.40 bits per heavy atom. The van der Waals surface area contributed by atoms with E-state index in [9.17, 15) is 28.6 Å². The highest BCUT2D eigenvalue weighted by Crippen LogP contribution is 2.32. The molecule has 0 unspecified atom stereocenters. The molecule has 0 fully saturated rings. The average Bonchev–Trinajstić information content (AvgIpc) is 2.50. The minimum atomic E-state index is -4.23. The summed E-state index contributed by atoms with van der Waals surface area (Å²) in [6, 6.07) is 6.48. The van der Waals surface area contributed by atoms with Gasteiger partial charge in [0.15, 0.2) is 0 Å². The Bertz CT molecular complexity index is 950. The zero-order valence-electron chi connectivity index (χ0n) is 13.6. The maximum absolute atomic E-state index is 12.5. The Kier molecular flexibility index (Phi) is 4.75. The number of sulfonamides is 1. The minimum absolute atomic E-state index is 0.208. The molecule has 2 aromatic rings. The van der Waals surface area contributed by atoms with Gasteiger partial charge in [-0.15, -0.1) is 0 Å². The van der Waals surface area contributed by atoms with Crippen molar-refractivity contribution in [3.05, 3.63) is 67.3 Å². The fourth-order valence-electron chi connectivity index (χ4n) is 2.21. The molecular weight excluding hydrogens is 350 g/mol. The van der Waals surface area contributed by atoms with Crippen molar-refractivity contribution in [3.63, 3.8) is 0 Å². The molecule has 2 rings (SSSR count). The van der Waals surface area contributed by atoms with E-state index in [0.717, 1.165) is 23.3 Å². The van der Waals surface area contributed by atoms with Crippen molar-refractivity contribution in [2.24, 2.45) is 0 Å². The van der Waals surface area contributed by atoms with Gasteiger partial charge in [-0.25, -0.2) is 8.42 Å². The first-order chi connectivity index (χ1) is 11.5. The lowest BCUT2D eigenvalue weighted by molar-refractivity contribution is -0.395. The Morgan fingerprint density at radius 3 is 1.84 bits per heavy atom. The van der Waals surface area contributed by atoms with Crippen LogP contribution in [-0.4, -0.2) is 18.3 Å². The van der Waals surface area contributed by atoms with Crippen LogP contribution in [-0.2, 0) is 10.0 Å². The van der Waals surface area contributed by atoms with Gasteiger partial charge < -0.3 is 0 Å². The van der Waals surface area contributed by atoms with Crippen LogP contribution < -0.4 is 4.72 Å². The number of aryl methyl sites for hydroxylation is 2. The van der Waals surface area contributed by atoms with E-state index in [2.05, 4.69) is 4.72 Å². The molecule has 0 aliphatic carbocycles. The second-order valence-corrected chi connectivity index (χ2v) is 7.19. The van der Waals surface area contributed by atoms with Crippen molar-refractivity contribution >= 4 is 27.1 Å². The number of nitrogens with one attached hydrogen (secondary N) is 1. The fraction of sp³-hybridized carbons (Fsp3) is 0.200. The SMILES string of the molecule is Cc1ccc(NS(=O)(=O)c2cc([N+](=O)[O-])c(C)c([N+](=O)[O-])c2)cc1C. The molecule has 0 aliphatic rings. The quantitative estimate of drug-likeness (QED) is 0.639. The summed E-state index contributed by atoms with van der Waals surface area (Å²) >= 11 is 0. The summed E-state index contributed by atoms with van der Waals surface area (Å²) in [5.74, 6) is 0. The first kappa shape index (κ1) is 18.3. The standard InChI is InChI=1S/C15H15N3O6S/c1-9-4-5-12(6-10(9)2)16-25(23,24)13-7-14(17(19)20)11(3)15(8-13)18(21)22/h4-8,16H,1-3H3. The number of anilines is 1. The number of rotatable bonds is 5. The number of nitro groups is 2. The molecule has 0 atom stereocenters. The van der Waals surface area contributed by atoms with Crippen LogP contribution >= 0.6 is 0 Å². The molecule has 0 radical (unpaired) electrons. The third-order valence-electron chi connectivity index (χ3n) is 3.79. The van der Waals surface area contributed by atoms with E-state index in [1.165, 1.54) is 13.0 Å². The Hall–Kier alpha value is -3.01. The van der Waals surface area contributed by atoms with Crippen LogP contribution in [0.4, 0.5) is 17.1 Å². The predicted octanol–water partition coefficient (Wildman–Crippen LogP) is 3.23. The van der Waals surface area contributed by atoms with E-state index in [1.807, 2.05) is 6.92 Å². The monoisotopic (exact) mass is 365 g/mol. The van der Waals surface area contributed by atoms with Crippen LogP contribution in [0.3, 0.4) is 0 Å². The lowest BCUT2D eigenvalue weighted by Crippen LogP contribution is -2.14. The molecule has 0 spiro atoms. The normalized spacial score (nSPS) is 11.2. The van der Waals surface area contributed by atoms with Gasteiger partial charge in [0, 0.05) is 17.8 Å². The van der Waals surface area contributed by atoms with Gasteiger partial charge in [-0.05, 0) is 44.0 Å². The Labute approximate surface area is 143 Å². The van der Waals surface area contributed by atoms with Crippen LogP contribution in [0.15, 0.2) is 35.2 Å². The zero-order valence-corrected chi connectivity index (χ0v) is 14.5. The van der Waals surface area contributed by atoms with Gasteiger partial charge in [0.05, 0.1) is 9.85 Å². The molecule has 0 bridgehead atoms. The van der Waals surface area contributed by atoms with Gasteiger partial charge in [0.25, 0.3) is 21.4 Å². The summed E-state index contributed by atoms with van der Waals surface area (Å²) in [6.07, 6.45) is 0. The van der Waals surface area contributed by atoms with Crippen LogP contribution in [0.5, 0.6) is 0 Å². The molecule has 0 saturated carbocycles. The molecule has 1 N–H and O–H groups in total. The number of nitrogens with zero attached hydrogens (tertiary/aromatic N) is 2. The van der Waals surface area contributed by atoms with Crippen molar-refractivity contribution in [1.29, 1.82) is 0 Å². The Balaban J connectivity index is 2.56. The topological polar surface area (TPSA) is 132 Å². The number of hydrogen-bond acceptors (Lipinski definition) is 6. The number of benzene rings is 2. The summed E-state index contributed by atoms with van der Waals surface area (Å²) in [6.45, 7) is 4.86. The first-order valence-corrected chi connectivity index (χ1v) is 8.54. The molecule has 10 heteroatoms. The van der Waals surface area contributed by atoms with E-state index >= 15 is 0 Å². The van der Waals surface area contributed by atoms with Crippen LogP contribution in [0.25, 0.3) is 0 Å². The number of nitro benzene ring substituents is 2. The molecule has 25 heavy (non-hydrogen) atoms. The highest BCUT2D eigenvalue weighted by molar-refractivity contribution is 7.92. The van der Waals surface area contributed by atoms with Gasteiger partial charge in [-0.2, -0.15) is 0 Å². The van der Waals surface area contributed by atoms with Gasteiger partial charge in [0.2, 0.25) is 0 Å². The second kappa shape index (κ2) is 6.48. The lowest BCUT2D eigenvalue weighted by Gasteiger charge is -2.10. The predicted molar refractivity (Wildman–Crippen MR) is 91.2 cm³/mol. The Morgan fingerprint density at radius 1 is 0.880 bits per heavy atom. The molecule has 0 aromatic heterocycles. The molecule has 0 heterocycles. The third-order valence-corrected chi connectivity index (χ3v) is 5.15. The summed E-state index contributed by atoms with van der Waals surface area (Å²) in [4.78, 5) is 19.9. The summed E-state index contributed by atoms with van der Waals surface area (Å²) < 4.78 is 27.3. The third kappa shape index (κ3) is 3.74. The van der Waals surface area contributed by atoms with Gasteiger partial charge >= 0.3 is 0 Å². The minimum Gasteiger partial charge on any atom is -0.280 e. The van der Waals surface area contributed by atoms with Crippen LogP contribution in [0.1, 0.15) is 16.7 Å². The molecule has 9 nitrogen and oxygen atoms in total. The smallest absolute Gasteiger partial charge is 0.280 e. The van der Waals surface area contributed by atoms with E-state index < -0.39 is 36.1 Å². The molecule has 0 saturated heterocycles. The van der Waals surface area contributed by atoms with Crippen molar-refractivity contribution < 1.29 is 18.3 Å². The fourth-order valence-corrected chi connectivity index (χ4v) is 3.30. The highest BCUT2D eigenvalue weighted by Gasteiger charge is 2.28. The van der Waals surface area contributed by atoms with Gasteiger partial charge in [0.1, 0.15) is 10.5 Å². The molecule has 0 amide bonds. The molecule has 0 aliphatic heterocycles. The summed E-state index contributed by atoms with van der Waals surface area (Å²) in [5, 5.41) is 22.2. The molecular formula is C15H15N3O6S. The average molecular weight is 365 g/mol.